The van der Waals surface area contributed by atoms with Crippen LogP contribution in [0.25, 0.3) is 0 Å². The third kappa shape index (κ3) is 2.17. The van der Waals surface area contributed by atoms with Gasteiger partial charge in [0.2, 0.25) is 0 Å². The number of hydrogen-bond acceptors (Lipinski definition) is 2. The number of amides is 1. The molecule has 3 nitrogen and oxygen atoms in total. The molecule has 0 unspecified atom stereocenters. The fourth-order valence-corrected chi connectivity index (χ4v) is 2.24. The predicted molar refractivity (Wildman–Crippen MR) is 63.2 cm³/mol. The molecule has 2 aliphatic rings. The van der Waals surface area contributed by atoms with Crippen LogP contribution in [0.1, 0.15) is 36.2 Å². The van der Waals surface area contributed by atoms with Crippen LogP contribution >= 0.6 is 15.9 Å². The zero-order chi connectivity index (χ0) is 11.1. The van der Waals surface area contributed by atoms with Gasteiger partial charge >= 0.3 is 0 Å². The number of halogens is 1. The third-order valence-corrected chi connectivity index (χ3v) is 3.61. The van der Waals surface area contributed by atoms with Crippen LogP contribution < -0.4 is 0 Å². The van der Waals surface area contributed by atoms with E-state index in [1.807, 2.05) is 4.90 Å². The molecule has 0 atom stereocenters. The number of furan rings is 1. The van der Waals surface area contributed by atoms with Crippen molar-refractivity contribution in [3.63, 3.8) is 0 Å². The second-order valence-electron chi connectivity index (χ2n) is 4.74. The van der Waals surface area contributed by atoms with E-state index in [2.05, 4.69) is 15.9 Å². The molecule has 1 aromatic heterocycles. The Labute approximate surface area is 103 Å². The van der Waals surface area contributed by atoms with Gasteiger partial charge in [-0.1, -0.05) is 0 Å². The molecule has 16 heavy (non-hydrogen) atoms. The van der Waals surface area contributed by atoms with E-state index in [0.29, 0.717) is 16.5 Å². The quantitative estimate of drug-likeness (QED) is 0.851. The summed E-state index contributed by atoms with van der Waals surface area (Å²) in [5, 5.41) is 0. The van der Waals surface area contributed by atoms with Gasteiger partial charge in [0.1, 0.15) is 0 Å². The Balaban J connectivity index is 1.74. The average molecular weight is 284 g/mol. The first-order chi connectivity index (χ1) is 7.74. The van der Waals surface area contributed by atoms with E-state index in [-0.39, 0.29) is 5.91 Å². The van der Waals surface area contributed by atoms with E-state index < -0.39 is 0 Å². The molecule has 0 bridgehead atoms. The van der Waals surface area contributed by atoms with E-state index in [0.717, 1.165) is 25.3 Å². The minimum absolute atomic E-state index is 0.0556. The molecule has 0 aromatic carbocycles. The predicted octanol–water partition coefficient (Wildman–Crippen LogP) is 3.06. The first-order valence-electron chi connectivity index (χ1n) is 5.80. The lowest BCUT2D eigenvalue weighted by Crippen LogP contribution is -2.34. The lowest BCUT2D eigenvalue weighted by Gasteiger charge is -2.20. The molecule has 1 amide bonds. The van der Waals surface area contributed by atoms with Gasteiger partial charge in [-0.25, -0.2) is 0 Å². The molecule has 1 aromatic rings. The van der Waals surface area contributed by atoms with Crippen molar-refractivity contribution in [2.24, 2.45) is 5.92 Å². The summed E-state index contributed by atoms with van der Waals surface area (Å²) in [4.78, 5) is 14.2. The monoisotopic (exact) mass is 283 g/mol. The summed E-state index contributed by atoms with van der Waals surface area (Å²) in [5.74, 6) is 1.25. The minimum atomic E-state index is 0.0556. The molecule has 4 heteroatoms. The topological polar surface area (TPSA) is 33.5 Å². The molecule has 0 radical (unpaired) electrons. The van der Waals surface area contributed by atoms with Gasteiger partial charge in [0.05, 0.1) is 0 Å². The Morgan fingerprint density at radius 1 is 1.38 bits per heavy atom. The van der Waals surface area contributed by atoms with Crippen LogP contribution in [0, 0.1) is 5.92 Å². The highest BCUT2D eigenvalue weighted by molar-refractivity contribution is 9.10. The van der Waals surface area contributed by atoms with Crippen LogP contribution in [-0.4, -0.2) is 23.4 Å². The Kier molecular flexibility index (Phi) is 2.54. The molecule has 0 aliphatic heterocycles. The van der Waals surface area contributed by atoms with Crippen molar-refractivity contribution >= 4 is 21.8 Å². The first kappa shape index (κ1) is 10.4. The van der Waals surface area contributed by atoms with Crippen molar-refractivity contribution < 1.29 is 9.21 Å². The van der Waals surface area contributed by atoms with Gasteiger partial charge in [-0.2, -0.15) is 0 Å². The first-order valence-corrected chi connectivity index (χ1v) is 6.59. The molecule has 0 spiro atoms. The highest BCUT2D eigenvalue weighted by atomic mass is 79.9. The summed E-state index contributed by atoms with van der Waals surface area (Å²) in [6, 6.07) is 3.99. The van der Waals surface area contributed by atoms with Gasteiger partial charge < -0.3 is 9.32 Å². The number of rotatable bonds is 4. The van der Waals surface area contributed by atoms with E-state index in [1.54, 1.807) is 12.1 Å². The van der Waals surface area contributed by atoms with Crippen molar-refractivity contribution in [3.8, 4) is 0 Å². The average Bonchev–Trinajstić information content (AvgIpc) is 3.15. The van der Waals surface area contributed by atoms with Crippen molar-refractivity contribution in [2.45, 2.75) is 31.7 Å². The molecule has 0 N–H and O–H groups in total. The van der Waals surface area contributed by atoms with Gasteiger partial charge in [-0.05, 0) is 59.7 Å². The maximum atomic E-state index is 12.2. The van der Waals surface area contributed by atoms with Crippen molar-refractivity contribution in [1.29, 1.82) is 0 Å². The van der Waals surface area contributed by atoms with Crippen LogP contribution in [0.5, 0.6) is 0 Å². The molecule has 2 saturated carbocycles. The van der Waals surface area contributed by atoms with Crippen LogP contribution in [0.2, 0.25) is 0 Å². The van der Waals surface area contributed by atoms with Gasteiger partial charge in [0.15, 0.2) is 10.4 Å². The molecule has 0 saturated heterocycles. The highest BCUT2D eigenvalue weighted by Gasteiger charge is 2.37. The Hall–Kier alpha value is -0.770. The van der Waals surface area contributed by atoms with Crippen molar-refractivity contribution in [2.75, 3.05) is 6.54 Å². The number of nitrogens with zero attached hydrogens (tertiary/aromatic N) is 1. The van der Waals surface area contributed by atoms with E-state index in [1.165, 1.54) is 12.8 Å². The normalized spacial score (nSPS) is 19.8. The zero-order valence-corrected chi connectivity index (χ0v) is 10.6. The summed E-state index contributed by atoms with van der Waals surface area (Å²) < 4.78 is 5.95. The molecule has 86 valence electrons. The van der Waals surface area contributed by atoms with Crippen LogP contribution in [-0.2, 0) is 0 Å². The SMILES string of the molecule is O=C(c1ccc(Br)o1)N(CC1CC1)C1CC1. The Morgan fingerprint density at radius 3 is 2.62 bits per heavy atom. The smallest absolute Gasteiger partial charge is 0.289 e. The molecular weight excluding hydrogens is 270 g/mol. The van der Waals surface area contributed by atoms with E-state index >= 15 is 0 Å². The lowest BCUT2D eigenvalue weighted by atomic mass is 10.3. The van der Waals surface area contributed by atoms with Crippen molar-refractivity contribution in [1.82, 2.24) is 4.90 Å². The lowest BCUT2D eigenvalue weighted by molar-refractivity contribution is 0.0701. The van der Waals surface area contributed by atoms with Gasteiger partial charge in [-0.15, -0.1) is 0 Å². The summed E-state index contributed by atoms with van der Waals surface area (Å²) in [5.41, 5.74) is 0. The Bertz CT molecular complexity index is 407. The molecule has 1 heterocycles. The van der Waals surface area contributed by atoms with Gasteiger partial charge in [0.25, 0.3) is 5.91 Å². The fourth-order valence-electron chi connectivity index (χ4n) is 1.93. The molecular formula is C12H14BrNO2. The summed E-state index contributed by atoms with van der Waals surface area (Å²) in [6.45, 7) is 0.918. The van der Waals surface area contributed by atoms with Gasteiger partial charge in [0, 0.05) is 12.6 Å². The standard InChI is InChI=1S/C12H14BrNO2/c13-11-6-5-10(16-11)12(15)14(9-3-4-9)7-8-1-2-8/h5-6,8-9H,1-4,7H2. The maximum Gasteiger partial charge on any atom is 0.289 e. The number of carbonyl (C=O) groups excluding carboxylic acids is 1. The maximum absolute atomic E-state index is 12.2. The van der Waals surface area contributed by atoms with Crippen molar-refractivity contribution in [3.05, 3.63) is 22.6 Å². The molecule has 2 fully saturated rings. The summed E-state index contributed by atoms with van der Waals surface area (Å²) in [6.07, 6.45) is 4.86. The molecule has 3 rings (SSSR count). The van der Waals surface area contributed by atoms with Crippen LogP contribution in [0.4, 0.5) is 0 Å². The van der Waals surface area contributed by atoms with Crippen LogP contribution in [0.15, 0.2) is 21.2 Å². The van der Waals surface area contributed by atoms with E-state index in [4.69, 9.17) is 4.42 Å². The second kappa shape index (κ2) is 3.91. The second-order valence-corrected chi connectivity index (χ2v) is 5.52. The summed E-state index contributed by atoms with van der Waals surface area (Å²) >= 11 is 3.23. The Morgan fingerprint density at radius 2 is 2.12 bits per heavy atom. The highest BCUT2D eigenvalue weighted by Crippen LogP contribution is 2.35. The number of hydrogen-bond donors (Lipinski definition) is 0. The summed E-state index contributed by atoms with van der Waals surface area (Å²) in [7, 11) is 0. The molecule has 2 aliphatic carbocycles. The zero-order valence-electron chi connectivity index (χ0n) is 8.99. The van der Waals surface area contributed by atoms with Crippen LogP contribution in [0.3, 0.4) is 0 Å². The largest absolute Gasteiger partial charge is 0.444 e. The minimum Gasteiger partial charge on any atom is -0.444 e. The fraction of sp³-hybridized carbons (Fsp3) is 0.583. The third-order valence-electron chi connectivity index (χ3n) is 3.18. The van der Waals surface area contributed by atoms with Gasteiger partial charge in [-0.3, -0.25) is 4.79 Å². The number of carbonyl (C=O) groups is 1. The van der Waals surface area contributed by atoms with E-state index in [9.17, 15) is 4.79 Å².